The van der Waals surface area contributed by atoms with Gasteiger partial charge in [0.2, 0.25) is 0 Å². The van der Waals surface area contributed by atoms with E-state index in [1.54, 1.807) is 0 Å². The Kier molecular flexibility index (Phi) is 5.59. The monoisotopic (exact) mass is 471 g/mol. The molecule has 4 nitrogen and oxygen atoms in total. The Morgan fingerprint density at radius 1 is 0.967 bits per heavy atom. The van der Waals surface area contributed by atoms with Crippen LogP contribution in [0.3, 0.4) is 0 Å². The smallest absolute Gasteiger partial charge is 0.416 e. The number of ether oxygens (including phenoxy) is 1. The number of rotatable bonds is 4. The SMILES string of the molecule is O=C(O)c1cc2c(Cl)c(OCc3cc(C(F)(F)F)cc(C(F)(F)F)c3)c(Cl)cc2[nH]1. The maximum absolute atomic E-state index is 13.0. The van der Waals surface area contributed by atoms with Gasteiger partial charge in [0.15, 0.2) is 5.75 Å². The van der Waals surface area contributed by atoms with Crippen molar-refractivity contribution in [3.8, 4) is 5.75 Å². The predicted octanol–water partition coefficient (Wildman–Crippen LogP) is 6.79. The first-order chi connectivity index (χ1) is 13.8. The second kappa shape index (κ2) is 7.59. The van der Waals surface area contributed by atoms with Crippen molar-refractivity contribution >= 4 is 40.1 Å². The van der Waals surface area contributed by atoms with Crippen LogP contribution >= 0.6 is 23.2 Å². The molecular formula is C18H9Cl2F6NO3. The number of carboxylic acids is 1. The second-order valence-corrected chi connectivity index (χ2v) is 6.94. The molecule has 0 fully saturated rings. The van der Waals surface area contributed by atoms with Gasteiger partial charge in [0.25, 0.3) is 0 Å². The minimum atomic E-state index is -5.00. The van der Waals surface area contributed by atoms with Crippen LogP contribution in [-0.4, -0.2) is 16.1 Å². The fraction of sp³-hybridized carbons (Fsp3) is 0.167. The number of aromatic carboxylic acids is 1. The summed E-state index contributed by atoms with van der Waals surface area (Å²) in [6, 6.07) is 3.51. The molecule has 0 aliphatic carbocycles. The molecule has 3 rings (SSSR count). The maximum Gasteiger partial charge on any atom is 0.416 e. The van der Waals surface area contributed by atoms with Crippen molar-refractivity contribution in [1.29, 1.82) is 0 Å². The molecule has 30 heavy (non-hydrogen) atoms. The molecule has 2 N–H and O–H groups in total. The Hall–Kier alpha value is -2.59. The van der Waals surface area contributed by atoms with Crippen molar-refractivity contribution in [2.24, 2.45) is 0 Å². The maximum atomic E-state index is 13.0. The molecule has 0 aliphatic rings. The standard InChI is InChI=1S/C18H9Cl2F6NO3/c19-11-5-12-10(4-13(27-12)16(28)29)14(20)15(11)30-6-7-1-8(17(21,22)23)3-9(2-7)18(24,25)26/h1-5,27H,6H2,(H,28,29). The van der Waals surface area contributed by atoms with Gasteiger partial charge in [-0.25, -0.2) is 4.79 Å². The largest absolute Gasteiger partial charge is 0.486 e. The number of benzene rings is 2. The molecule has 0 aliphatic heterocycles. The second-order valence-electron chi connectivity index (χ2n) is 6.15. The van der Waals surface area contributed by atoms with E-state index in [-0.39, 0.29) is 38.5 Å². The van der Waals surface area contributed by atoms with Crippen LogP contribution in [0.2, 0.25) is 10.0 Å². The number of aromatic amines is 1. The van der Waals surface area contributed by atoms with Crippen molar-refractivity contribution in [3.63, 3.8) is 0 Å². The highest BCUT2D eigenvalue weighted by Gasteiger charge is 2.37. The summed E-state index contributed by atoms with van der Waals surface area (Å²) in [6.45, 7) is -0.700. The molecule has 0 radical (unpaired) electrons. The summed E-state index contributed by atoms with van der Waals surface area (Å²) in [6.07, 6.45) is -9.99. The Bertz CT molecular complexity index is 1110. The first kappa shape index (κ1) is 22.1. The number of carbonyl (C=O) groups is 1. The fourth-order valence-electron chi connectivity index (χ4n) is 2.69. The summed E-state index contributed by atoms with van der Waals surface area (Å²) < 4.78 is 83.1. The van der Waals surface area contributed by atoms with Crippen molar-refractivity contribution < 1.29 is 41.0 Å². The first-order valence-corrected chi connectivity index (χ1v) is 8.68. The summed E-state index contributed by atoms with van der Waals surface area (Å²) >= 11 is 12.2. The van der Waals surface area contributed by atoms with Crippen LogP contribution in [0.1, 0.15) is 27.2 Å². The number of hydrogen-bond donors (Lipinski definition) is 2. The highest BCUT2D eigenvalue weighted by atomic mass is 35.5. The van der Waals surface area contributed by atoms with E-state index in [0.29, 0.717) is 12.1 Å². The van der Waals surface area contributed by atoms with Crippen molar-refractivity contribution in [2.75, 3.05) is 0 Å². The molecule has 2 aromatic carbocycles. The zero-order chi connectivity index (χ0) is 22.4. The van der Waals surface area contributed by atoms with Gasteiger partial charge in [-0.1, -0.05) is 23.2 Å². The molecule has 0 spiro atoms. The Balaban J connectivity index is 1.98. The fourth-order valence-corrected chi connectivity index (χ4v) is 3.31. The molecule has 160 valence electrons. The average Bonchev–Trinajstić information content (AvgIpc) is 3.04. The van der Waals surface area contributed by atoms with E-state index < -0.39 is 41.6 Å². The third-order valence-corrected chi connectivity index (χ3v) is 4.69. The molecule has 0 unspecified atom stereocenters. The van der Waals surface area contributed by atoms with E-state index >= 15 is 0 Å². The van der Waals surface area contributed by atoms with Crippen LogP contribution in [0.15, 0.2) is 30.3 Å². The van der Waals surface area contributed by atoms with Gasteiger partial charge in [0, 0.05) is 10.9 Å². The summed E-state index contributed by atoms with van der Waals surface area (Å²) in [5.74, 6) is -1.49. The highest BCUT2D eigenvalue weighted by Crippen LogP contribution is 2.41. The normalized spacial score (nSPS) is 12.4. The van der Waals surface area contributed by atoms with E-state index in [1.807, 2.05) is 0 Å². The number of nitrogens with one attached hydrogen (secondary N) is 1. The van der Waals surface area contributed by atoms with Crippen LogP contribution in [0.5, 0.6) is 5.75 Å². The number of halogens is 8. The summed E-state index contributed by atoms with van der Waals surface area (Å²) in [5.41, 5.74) is -3.33. The number of aromatic nitrogens is 1. The Labute approximate surface area is 174 Å². The van der Waals surface area contributed by atoms with E-state index in [1.165, 1.54) is 12.1 Å². The minimum Gasteiger partial charge on any atom is -0.486 e. The van der Waals surface area contributed by atoms with E-state index in [9.17, 15) is 31.1 Å². The van der Waals surface area contributed by atoms with E-state index in [0.717, 1.165) is 0 Å². The van der Waals surface area contributed by atoms with E-state index in [2.05, 4.69) is 4.98 Å². The third kappa shape index (κ3) is 4.44. The lowest BCUT2D eigenvalue weighted by atomic mass is 10.1. The number of hydrogen-bond acceptors (Lipinski definition) is 2. The van der Waals surface area contributed by atoms with Crippen LogP contribution in [0.4, 0.5) is 26.3 Å². The zero-order valence-corrected chi connectivity index (χ0v) is 15.9. The van der Waals surface area contributed by atoms with Gasteiger partial charge >= 0.3 is 18.3 Å². The van der Waals surface area contributed by atoms with Gasteiger partial charge in [-0.3, -0.25) is 0 Å². The number of H-pyrrole nitrogens is 1. The van der Waals surface area contributed by atoms with E-state index in [4.69, 9.17) is 33.0 Å². The number of carboxylic acid groups (broad SMARTS) is 1. The lowest BCUT2D eigenvalue weighted by Crippen LogP contribution is -2.12. The summed E-state index contributed by atoms with van der Waals surface area (Å²) in [7, 11) is 0. The van der Waals surface area contributed by atoms with Gasteiger partial charge in [-0.2, -0.15) is 26.3 Å². The van der Waals surface area contributed by atoms with Crippen LogP contribution in [0, 0.1) is 0 Å². The molecule has 0 atom stereocenters. The third-order valence-electron chi connectivity index (χ3n) is 4.03. The molecule has 0 saturated carbocycles. The minimum absolute atomic E-state index is 0.00272. The van der Waals surface area contributed by atoms with Crippen molar-refractivity contribution in [1.82, 2.24) is 4.98 Å². The average molecular weight is 472 g/mol. The van der Waals surface area contributed by atoms with Crippen LogP contribution in [0.25, 0.3) is 10.9 Å². The number of fused-ring (bicyclic) bond motifs is 1. The molecule has 3 aromatic rings. The topological polar surface area (TPSA) is 62.3 Å². The molecular weight excluding hydrogens is 463 g/mol. The summed E-state index contributed by atoms with van der Waals surface area (Å²) in [5, 5.41) is 8.97. The molecule has 12 heteroatoms. The van der Waals surface area contributed by atoms with Gasteiger partial charge in [0.1, 0.15) is 12.3 Å². The summed E-state index contributed by atoms with van der Waals surface area (Å²) in [4.78, 5) is 13.6. The van der Waals surface area contributed by atoms with Gasteiger partial charge in [0.05, 0.1) is 21.2 Å². The first-order valence-electron chi connectivity index (χ1n) is 7.92. The Morgan fingerprint density at radius 3 is 2.03 bits per heavy atom. The Morgan fingerprint density at radius 2 is 1.53 bits per heavy atom. The lowest BCUT2D eigenvalue weighted by Gasteiger charge is -2.15. The van der Waals surface area contributed by atoms with Crippen molar-refractivity contribution in [2.45, 2.75) is 19.0 Å². The molecule has 1 heterocycles. The molecule has 0 bridgehead atoms. The molecule has 0 saturated heterocycles. The molecule has 0 amide bonds. The zero-order valence-electron chi connectivity index (χ0n) is 14.4. The molecule has 1 aromatic heterocycles. The predicted molar refractivity (Wildman–Crippen MR) is 96.1 cm³/mol. The van der Waals surface area contributed by atoms with Crippen LogP contribution < -0.4 is 4.74 Å². The van der Waals surface area contributed by atoms with Gasteiger partial charge in [-0.05, 0) is 35.9 Å². The van der Waals surface area contributed by atoms with Gasteiger partial charge in [-0.15, -0.1) is 0 Å². The quantitative estimate of drug-likeness (QED) is 0.411. The highest BCUT2D eigenvalue weighted by molar-refractivity contribution is 6.41. The number of alkyl halides is 6. The van der Waals surface area contributed by atoms with Crippen molar-refractivity contribution in [3.05, 3.63) is 62.8 Å². The van der Waals surface area contributed by atoms with Crippen LogP contribution in [-0.2, 0) is 19.0 Å². The van der Waals surface area contributed by atoms with Gasteiger partial charge < -0.3 is 14.8 Å². The lowest BCUT2D eigenvalue weighted by molar-refractivity contribution is -0.143.